The van der Waals surface area contributed by atoms with Crippen LogP contribution in [0.5, 0.6) is 0 Å². The molecule has 0 radical (unpaired) electrons. The number of carbonyl (C=O) groups is 2. The monoisotopic (exact) mass is 346 g/mol. The van der Waals surface area contributed by atoms with E-state index in [1.54, 1.807) is 19.1 Å². The predicted octanol–water partition coefficient (Wildman–Crippen LogP) is 1.49. The Labute approximate surface area is 151 Å². The second kappa shape index (κ2) is 7.99. The zero-order valence-electron chi connectivity index (χ0n) is 14.3. The van der Waals surface area contributed by atoms with Crippen LogP contribution in [-0.2, 0) is 9.59 Å². The van der Waals surface area contributed by atoms with Crippen molar-refractivity contribution in [1.82, 2.24) is 10.7 Å². The zero-order chi connectivity index (χ0) is 18.4. The fourth-order valence-corrected chi connectivity index (χ4v) is 2.38. The topological polar surface area (TPSA) is 73.8 Å². The van der Waals surface area contributed by atoms with Crippen molar-refractivity contribution in [3.8, 4) is 11.8 Å². The molecule has 6 nitrogen and oxygen atoms in total. The van der Waals surface area contributed by atoms with Crippen LogP contribution in [0.2, 0.25) is 0 Å². The summed E-state index contributed by atoms with van der Waals surface area (Å²) < 4.78 is 0. The molecule has 2 amide bonds. The van der Waals surface area contributed by atoms with Crippen LogP contribution in [0.4, 0.5) is 5.69 Å². The summed E-state index contributed by atoms with van der Waals surface area (Å²) in [5.74, 6) is 5.30. The largest absolute Gasteiger partial charge is 0.338 e. The number of hydrogen-bond acceptors (Lipinski definition) is 4. The Morgan fingerprint density at radius 1 is 1.15 bits per heavy atom. The number of rotatable bonds is 3. The number of hydrogen-bond donors (Lipinski definition) is 2. The van der Waals surface area contributed by atoms with Gasteiger partial charge in [0.05, 0.1) is 12.2 Å². The van der Waals surface area contributed by atoms with Crippen LogP contribution in [0.15, 0.2) is 65.7 Å². The van der Waals surface area contributed by atoms with Gasteiger partial charge in [0, 0.05) is 5.56 Å². The minimum atomic E-state index is -0.646. The average molecular weight is 346 g/mol. The number of nitrogens with one attached hydrogen (secondary N) is 2. The molecule has 0 bridgehead atoms. The molecule has 130 valence electrons. The summed E-state index contributed by atoms with van der Waals surface area (Å²) in [4.78, 5) is 28.8. The molecular weight excluding hydrogens is 328 g/mol. The molecule has 0 saturated heterocycles. The zero-order valence-corrected chi connectivity index (χ0v) is 14.3. The van der Waals surface area contributed by atoms with Crippen LogP contribution in [0.1, 0.15) is 12.5 Å². The first-order chi connectivity index (χ1) is 12.6. The standard InChI is InChI=1S/C20H18N4O2/c1-15-20(26)24(17-12-6-3-7-13-17)23-18(22-15)19(25)21-14-8-11-16-9-4-2-5-10-16/h2-7,9-10,12-13,15H,14H2,1H3,(H,21,25)(H,22,23)/t15-/m1/s1. The minimum absolute atomic E-state index is 0.0856. The van der Waals surface area contributed by atoms with Gasteiger partial charge < -0.3 is 5.32 Å². The van der Waals surface area contributed by atoms with Gasteiger partial charge in [-0.3, -0.25) is 15.0 Å². The highest BCUT2D eigenvalue weighted by molar-refractivity contribution is 6.39. The van der Waals surface area contributed by atoms with Crippen LogP contribution in [0.25, 0.3) is 0 Å². The first-order valence-electron chi connectivity index (χ1n) is 8.21. The Kier molecular flexibility index (Phi) is 5.30. The number of amides is 2. The molecule has 1 aliphatic rings. The molecule has 6 heteroatoms. The second-order valence-corrected chi connectivity index (χ2v) is 5.63. The molecule has 2 aromatic carbocycles. The van der Waals surface area contributed by atoms with E-state index in [2.05, 4.69) is 27.6 Å². The van der Waals surface area contributed by atoms with Gasteiger partial charge in [0.2, 0.25) is 5.84 Å². The van der Waals surface area contributed by atoms with Crippen molar-refractivity contribution in [3.63, 3.8) is 0 Å². The van der Waals surface area contributed by atoms with Crippen molar-refractivity contribution in [2.24, 2.45) is 4.99 Å². The van der Waals surface area contributed by atoms with Crippen molar-refractivity contribution >= 4 is 23.3 Å². The van der Waals surface area contributed by atoms with Gasteiger partial charge in [0.15, 0.2) is 0 Å². The van der Waals surface area contributed by atoms with Crippen molar-refractivity contribution in [2.75, 3.05) is 11.6 Å². The fraction of sp³-hybridized carbons (Fsp3) is 0.150. The lowest BCUT2D eigenvalue weighted by Crippen LogP contribution is -2.58. The number of carbonyl (C=O) groups excluding carboxylic acids is 2. The van der Waals surface area contributed by atoms with Gasteiger partial charge in [-0.2, -0.15) is 0 Å². The van der Waals surface area contributed by atoms with E-state index in [9.17, 15) is 9.59 Å². The number of anilines is 1. The molecule has 0 unspecified atom stereocenters. The number of benzene rings is 2. The molecule has 0 fully saturated rings. The van der Waals surface area contributed by atoms with Gasteiger partial charge in [0.1, 0.15) is 6.04 Å². The highest BCUT2D eigenvalue weighted by Crippen LogP contribution is 2.15. The molecule has 2 aromatic rings. The summed E-state index contributed by atoms with van der Waals surface area (Å²) >= 11 is 0. The maximum absolute atomic E-state index is 12.3. The van der Waals surface area contributed by atoms with Crippen LogP contribution in [0.3, 0.4) is 0 Å². The van der Waals surface area contributed by atoms with E-state index >= 15 is 0 Å². The van der Waals surface area contributed by atoms with E-state index < -0.39 is 11.9 Å². The molecule has 0 saturated carbocycles. The number of nitrogens with zero attached hydrogens (tertiary/aromatic N) is 2. The highest BCUT2D eigenvalue weighted by atomic mass is 16.2. The minimum Gasteiger partial charge on any atom is -0.338 e. The third kappa shape index (κ3) is 4.08. The van der Waals surface area contributed by atoms with Gasteiger partial charge >= 0.3 is 0 Å². The molecule has 1 aliphatic heterocycles. The smallest absolute Gasteiger partial charge is 0.288 e. The molecule has 1 heterocycles. The molecule has 2 N–H and O–H groups in total. The van der Waals surface area contributed by atoms with Gasteiger partial charge in [-0.15, -0.1) is 0 Å². The molecule has 1 atom stereocenters. The number of hydrazine groups is 1. The Balaban J connectivity index is 1.64. The summed E-state index contributed by atoms with van der Waals surface area (Å²) in [5, 5.41) is 4.02. The van der Waals surface area contributed by atoms with Gasteiger partial charge in [0.25, 0.3) is 11.8 Å². The second-order valence-electron chi connectivity index (χ2n) is 5.63. The molecular formula is C20H18N4O2. The Morgan fingerprint density at radius 2 is 1.81 bits per heavy atom. The van der Waals surface area contributed by atoms with E-state index in [1.165, 1.54) is 5.01 Å². The molecule has 0 spiro atoms. The van der Waals surface area contributed by atoms with Crippen molar-refractivity contribution in [2.45, 2.75) is 13.0 Å². The first kappa shape index (κ1) is 17.2. The third-order valence-electron chi connectivity index (χ3n) is 3.69. The van der Waals surface area contributed by atoms with Crippen molar-refractivity contribution in [1.29, 1.82) is 0 Å². The number of para-hydroxylation sites is 1. The van der Waals surface area contributed by atoms with E-state index in [0.29, 0.717) is 5.69 Å². The van der Waals surface area contributed by atoms with E-state index in [-0.39, 0.29) is 18.3 Å². The Morgan fingerprint density at radius 3 is 2.50 bits per heavy atom. The van der Waals surface area contributed by atoms with Crippen LogP contribution in [-0.4, -0.2) is 30.2 Å². The third-order valence-corrected chi connectivity index (χ3v) is 3.69. The molecule has 0 aromatic heterocycles. The maximum atomic E-state index is 12.3. The Bertz CT molecular complexity index is 882. The van der Waals surface area contributed by atoms with Crippen LogP contribution >= 0.6 is 0 Å². The predicted molar refractivity (Wildman–Crippen MR) is 100 cm³/mol. The van der Waals surface area contributed by atoms with Crippen molar-refractivity contribution in [3.05, 3.63) is 66.2 Å². The summed E-state index contributed by atoms with van der Waals surface area (Å²) in [7, 11) is 0. The Hall–Kier alpha value is -3.59. The normalized spacial score (nSPS) is 16.0. The first-order valence-corrected chi connectivity index (χ1v) is 8.21. The number of aliphatic imine (C=N–C) groups is 1. The van der Waals surface area contributed by atoms with Gasteiger partial charge in [-0.25, -0.2) is 10.0 Å². The summed E-state index contributed by atoms with van der Waals surface area (Å²) in [6.45, 7) is 1.84. The summed E-state index contributed by atoms with van der Waals surface area (Å²) in [6.07, 6.45) is 0. The summed E-state index contributed by atoms with van der Waals surface area (Å²) in [6, 6.07) is 17.9. The van der Waals surface area contributed by atoms with Gasteiger partial charge in [-0.05, 0) is 31.2 Å². The molecule has 26 heavy (non-hydrogen) atoms. The van der Waals surface area contributed by atoms with E-state index in [4.69, 9.17) is 0 Å². The highest BCUT2D eigenvalue weighted by Gasteiger charge is 2.30. The maximum Gasteiger partial charge on any atom is 0.288 e. The van der Waals surface area contributed by atoms with E-state index in [1.807, 2.05) is 48.5 Å². The lowest BCUT2D eigenvalue weighted by atomic mass is 10.2. The quantitative estimate of drug-likeness (QED) is 0.827. The van der Waals surface area contributed by atoms with Gasteiger partial charge in [-0.1, -0.05) is 48.2 Å². The molecule has 0 aliphatic carbocycles. The summed E-state index contributed by atoms with van der Waals surface area (Å²) in [5.41, 5.74) is 4.31. The fourth-order valence-electron chi connectivity index (χ4n) is 2.38. The van der Waals surface area contributed by atoms with E-state index in [0.717, 1.165) is 5.56 Å². The van der Waals surface area contributed by atoms with Crippen LogP contribution < -0.4 is 15.8 Å². The SMILES string of the molecule is C[C@H]1N=C(C(=O)NCC#Cc2ccccc2)NN(c2ccccc2)C1=O. The molecule has 3 rings (SSSR count). The lowest BCUT2D eigenvalue weighted by Gasteiger charge is -2.30. The van der Waals surface area contributed by atoms with Crippen LogP contribution in [0, 0.1) is 11.8 Å². The average Bonchev–Trinajstić information content (AvgIpc) is 2.68. The lowest BCUT2D eigenvalue weighted by molar-refractivity contribution is -0.120. The van der Waals surface area contributed by atoms with Crippen molar-refractivity contribution < 1.29 is 9.59 Å². The number of amidine groups is 1.